The lowest BCUT2D eigenvalue weighted by Crippen LogP contribution is -2.01. The maximum Gasteiger partial charge on any atom is 0.165 e. The molecule has 11 aromatic rings. The highest BCUT2D eigenvalue weighted by atomic mass is 32.1. The third-order valence-electron chi connectivity index (χ3n) is 10.4. The molecule has 0 amide bonds. The minimum absolute atomic E-state index is 0.657. The van der Waals surface area contributed by atoms with Crippen molar-refractivity contribution in [3.63, 3.8) is 0 Å². The van der Waals surface area contributed by atoms with Crippen LogP contribution in [0.5, 0.6) is 0 Å². The predicted octanol–water partition coefficient (Wildman–Crippen LogP) is 14.1. The van der Waals surface area contributed by atoms with E-state index >= 15 is 0 Å². The Bertz CT molecular complexity index is 3140. The van der Waals surface area contributed by atoms with Crippen LogP contribution in [0.15, 0.2) is 176 Å². The van der Waals surface area contributed by atoms with E-state index in [-0.39, 0.29) is 0 Å². The van der Waals surface area contributed by atoms with Crippen molar-refractivity contribution >= 4 is 73.8 Å². The molecule has 0 saturated carbocycles. The summed E-state index contributed by atoms with van der Waals surface area (Å²) in [4.78, 5) is 15.5. The number of rotatable bonds is 5. The van der Waals surface area contributed by atoms with Gasteiger partial charge in [-0.2, -0.15) is 0 Å². The smallest absolute Gasteiger partial charge is 0.165 e. The standard InChI is InChI=1S/C49H29N3S2/c1-3-14-32(15-4-1)47-50-48(33-16-5-2-6-17-33)52-49(51-47)44-37-20-8-7-19-36(37)42(46-43(44)39-21-10-12-25-41(39)54-46)31-28-26-30(27-29-31)34-22-13-23-38-35-18-9-11-24-40(35)53-45(34)38/h1-29H. The molecule has 0 aliphatic rings. The highest BCUT2D eigenvalue weighted by Crippen LogP contribution is 2.50. The van der Waals surface area contributed by atoms with Gasteiger partial charge >= 0.3 is 0 Å². The van der Waals surface area contributed by atoms with E-state index in [4.69, 9.17) is 15.0 Å². The highest BCUT2D eigenvalue weighted by Gasteiger charge is 2.24. The van der Waals surface area contributed by atoms with Crippen molar-refractivity contribution in [2.75, 3.05) is 0 Å². The van der Waals surface area contributed by atoms with E-state index in [9.17, 15) is 0 Å². The van der Waals surface area contributed by atoms with Gasteiger partial charge in [-0.05, 0) is 39.6 Å². The van der Waals surface area contributed by atoms with E-state index in [1.54, 1.807) is 0 Å². The van der Waals surface area contributed by atoms with Crippen molar-refractivity contribution in [3.8, 4) is 56.4 Å². The number of aromatic nitrogens is 3. The Morgan fingerprint density at radius 3 is 1.44 bits per heavy atom. The molecular formula is C49H29N3S2. The van der Waals surface area contributed by atoms with Crippen molar-refractivity contribution in [2.45, 2.75) is 0 Å². The van der Waals surface area contributed by atoms with Gasteiger partial charge in [-0.3, -0.25) is 0 Å². The molecule has 54 heavy (non-hydrogen) atoms. The van der Waals surface area contributed by atoms with Gasteiger partial charge in [-0.15, -0.1) is 22.7 Å². The van der Waals surface area contributed by atoms with Crippen molar-refractivity contribution in [1.82, 2.24) is 15.0 Å². The fourth-order valence-corrected chi connectivity index (χ4v) is 10.4. The quantitative estimate of drug-likeness (QED) is 0.177. The lowest BCUT2D eigenvalue weighted by Gasteiger charge is -2.16. The molecule has 0 unspecified atom stereocenters. The molecule has 3 heterocycles. The maximum atomic E-state index is 5.26. The summed E-state index contributed by atoms with van der Waals surface area (Å²) in [6.07, 6.45) is 0. The number of thiophene rings is 2. The van der Waals surface area contributed by atoms with Crippen LogP contribution in [0.25, 0.3) is 108 Å². The molecule has 8 aromatic carbocycles. The molecule has 0 fully saturated rings. The van der Waals surface area contributed by atoms with E-state index < -0.39 is 0 Å². The molecule has 5 heteroatoms. The van der Waals surface area contributed by atoms with Crippen LogP contribution in [0.2, 0.25) is 0 Å². The average molecular weight is 724 g/mol. The number of hydrogen-bond donors (Lipinski definition) is 0. The minimum Gasteiger partial charge on any atom is -0.208 e. The number of fused-ring (bicyclic) bond motifs is 7. The highest BCUT2D eigenvalue weighted by molar-refractivity contribution is 7.27. The Labute approximate surface area is 319 Å². The third-order valence-corrected chi connectivity index (χ3v) is 12.8. The number of hydrogen-bond acceptors (Lipinski definition) is 5. The van der Waals surface area contributed by atoms with Gasteiger partial charge in [0.05, 0.1) is 0 Å². The Morgan fingerprint density at radius 2 is 0.778 bits per heavy atom. The number of benzene rings is 8. The molecule has 3 aromatic heterocycles. The first kappa shape index (κ1) is 31.0. The van der Waals surface area contributed by atoms with Crippen LogP contribution in [0, 0.1) is 0 Å². The van der Waals surface area contributed by atoms with Crippen molar-refractivity contribution in [2.24, 2.45) is 0 Å². The molecule has 3 nitrogen and oxygen atoms in total. The fraction of sp³-hybridized carbons (Fsp3) is 0. The summed E-state index contributed by atoms with van der Waals surface area (Å²) in [6, 6.07) is 62.5. The lowest BCUT2D eigenvalue weighted by molar-refractivity contribution is 1.08. The summed E-state index contributed by atoms with van der Waals surface area (Å²) in [5, 5.41) is 7.30. The molecule has 0 spiro atoms. The third kappa shape index (κ3) is 4.97. The molecule has 0 aliphatic carbocycles. The molecule has 11 rings (SSSR count). The van der Waals surface area contributed by atoms with E-state index in [1.165, 1.54) is 68.0 Å². The van der Waals surface area contributed by atoms with Gasteiger partial charge in [0.2, 0.25) is 0 Å². The minimum atomic E-state index is 0.657. The topological polar surface area (TPSA) is 38.7 Å². The summed E-state index contributed by atoms with van der Waals surface area (Å²) in [5.74, 6) is 1.99. The maximum absolute atomic E-state index is 5.26. The molecule has 0 aliphatic heterocycles. The van der Waals surface area contributed by atoms with Crippen LogP contribution in [-0.2, 0) is 0 Å². The van der Waals surface area contributed by atoms with Gasteiger partial charge in [0.15, 0.2) is 17.5 Å². The van der Waals surface area contributed by atoms with Crippen LogP contribution < -0.4 is 0 Å². The average Bonchev–Trinajstić information content (AvgIpc) is 3.82. The van der Waals surface area contributed by atoms with Crippen LogP contribution in [0.1, 0.15) is 0 Å². The number of nitrogens with zero attached hydrogens (tertiary/aromatic N) is 3. The molecule has 0 bridgehead atoms. The Balaban J connectivity index is 1.17. The zero-order valence-corrected chi connectivity index (χ0v) is 30.5. The molecule has 0 atom stereocenters. The fourth-order valence-electron chi connectivity index (χ4n) is 7.88. The molecule has 0 radical (unpaired) electrons. The molecule has 252 valence electrons. The zero-order chi connectivity index (χ0) is 35.6. The van der Waals surface area contributed by atoms with E-state index in [1.807, 2.05) is 59.1 Å². The van der Waals surface area contributed by atoms with Crippen LogP contribution in [0.4, 0.5) is 0 Å². The van der Waals surface area contributed by atoms with Crippen LogP contribution >= 0.6 is 22.7 Å². The van der Waals surface area contributed by atoms with E-state index in [2.05, 4.69) is 140 Å². The summed E-state index contributed by atoms with van der Waals surface area (Å²) in [6.45, 7) is 0. The van der Waals surface area contributed by atoms with Gasteiger partial charge in [-0.1, -0.05) is 164 Å². The first-order valence-electron chi connectivity index (χ1n) is 18.0. The first-order chi connectivity index (χ1) is 26.8. The Hall–Kier alpha value is -6.53. The second-order valence-corrected chi connectivity index (χ2v) is 15.6. The second-order valence-electron chi connectivity index (χ2n) is 13.5. The lowest BCUT2D eigenvalue weighted by atomic mass is 9.90. The second kappa shape index (κ2) is 12.6. The molecule has 0 saturated heterocycles. The Kier molecular flexibility index (Phi) is 7.22. The van der Waals surface area contributed by atoms with E-state index in [0.717, 1.165) is 22.1 Å². The van der Waals surface area contributed by atoms with Crippen LogP contribution in [-0.4, -0.2) is 15.0 Å². The largest absolute Gasteiger partial charge is 0.208 e. The van der Waals surface area contributed by atoms with Gasteiger partial charge in [0, 0.05) is 62.6 Å². The monoisotopic (exact) mass is 723 g/mol. The van der Waals surface area contributed by atoms with Gasteiger partial charge < -0.3 is 0 Å². The molecule has 0 N–H and O–H groups in total. The molecular weight excluding hydrogens is 695 g/mol. The summed E-state index contributed by atoms with van der Waals surface area (Å²) in [5.41, 5.74) is 7.85. The van der Waals surface area contributed by atoms with E-state index in [0.29, 0.717) is 17.5 Å². The van der Waals surface area contributed by atoms with Crippen molar-refractivity contribution in [1.29, 1.82) is 0 Å². The summed E-state index contributed by atoms with van der Waals surface area (Å²) in [7, 11) is 0. The van der Waals surface area contributed by atoms with Gasteiger partial charge in [0.1, 0.15) is 0 Å². The van der Waals surface area contributed by atoms with Crippen LogP contribution in [0.3, 0.4) is 0 Å². The summed E-state index contributed by atoms with van der Waals surface area (Å²) >= 11 is 3.72. The summed E-state index contributed by atoms with van der Waals surface area (Å²) < 4.78 is 5.11. The van der Waals surface area contributed by atoms with Crippen molar-refractivity contribution in [3.05, 3.63) is 176 Å². The zero-order valence-electron chi connectivity index (χ0n) is 28.9. The van der Waals surface area contributed by atoms with Gasteiger partial charge in [0.25, 0.3) is 0 Å². The normalized spacial score (nSPS) is 11.7. The Morgan fingerprint density at radius 1 is 0.296 bits per heavy atom. The van der Waals surface area contributed by atoms with Gasteiger partial charge in [-0.25, -0.2) is 15.0 Å². The predicted molar refractivity (Wildman–Crippen MR) is 230 cm³/mol. The SMILES string of the molecule is c1ccc(-c2nc(-c3ccccc3)nc(-c3c4ccccc4c(-c4ccc(-c5cccc6c5sc5ccccc56)cc4)c4sc5ccccc5c34)n2)cc1. The first-order valence-corrected chi connectivity index (χ1v) is 19.7. The van der Waals surface area contributed by atoms with Crippen molar-refractivity contribution < 1.29 is 0 Å².